The largest absolute Gasteiger partial charge is 0.493 e. The number of benzene rings is 1. The molecule has 0 aliphatic carbocycles. The molecule has 0 saturated carbocycles. The highest BCUT2D eigenvalue weighted by Gasteiger charge is 2.36. The summed E-state index contributed by atoms with van der Waals surface area (Å²) in [4.78, 5) is 16.4. The molecular formula is C20H25NO4S. The van der Waals surface area contributed by atoms with E-state index in [1.807, 2.05) is 18.2 Å². The molecule has 0 amide bonds. The Kier molecular flexibility index (Phi) is 5.84. The van der Waals surface area contributed by atoms with Crippen molar-refractivity contribution in [3.05, 3.63) is 45.6 Å². The van der Waals surface area contributed by atoms with Crippen molar-refractivity contribution in [1.29, 1.82) is 0 Å². The highest BCUT2D eigenvalue weighted by atomic mass is 32.1. The molecule has 140 valence electrons. The molecule has 2 atom stereocenters. The molecule has 6 heteroatoms. The third-order valence-corrected chi connectivity index (χ3v) is 5.97. The predicted octanol–water partition coefficient (Wildman–Crippen LogP) is 4.10. The first-order valence-corrected chi connectivity index (χ1v) is 9.63. The van der Waals surface area contributed by atoms with Gasteiger partial charge in [-0.05, 0) is 56.1 Å². The molecule has 1 aliphatic heterocycles. The number of carbonyl (C=O) groups is 1. The molecule has 0 bridgehead atoms. The Morgan fingerprint density at radius 1 is 1.19 bits per heavy atom. The quantitative estimate of drug-likeness (QED) is 0.824. The van der Waals surface area contributed by atoms with Crippen molar-refractivity contribution in [2.24, 2.45) is 0 Å². The van der Waals surface area contributed by atoms with E-state index in [1.165, 1.54) is 4.88 Å². The fourth-order valence-corrected chi connectivity index (χ4v) is 4.70. The average molecular weight is 375 g/mol. The number of piperidine rings is 1. The molecule has 1 saturated heterocycles. The van der Waals surface area contributed by atoms with Gasteiger partial charge in [-0.2, -0.15) is 0 Å². The third-order valence-electron chi connectivity index (χ3n) is 4.91. The second-order valence-electron chi connectivity index (χ2n) is 6.55. The van der Waals surface area contributed by atoms with Gasteiger partial charge >= 0.3 is 5.97 Å². The van der Waals surface area contributed by atoms with Crippen LogP contribution >= 0.6 is 11.3 Å². The Labute approximate surface area is 158 Å². The van der Waals surface area contributed by atoms with Gasteiger partial charge in [0.1, 0.15) is 6.04 Å². The smallest absolute Gasteiger partial charge is 0.320 e. The highest BCUT2D eigenvalue weighted by Crippen LogP contribution is 2.40. The topological polar surface area (TPSA) is 59.0 Å². The number of carboxylic acids is 1. The summed E-state index contributed by atoms with van der Waals surface area (Å²) in [6.45, 7) is 2.84. The molecule has 1 fully saturated rings. The van der Waals surface area contributed by atoms with Crippen LogP contribution in [0, 0.1) is 6.92 Å². The number of hydrogen-bond donors (Lipinski definition) is 1. The van der Waals surface area contributed by atoms with E-state index < -0.39 is 12.0 Å². The number of likely N-dealkylation sites (tertiary alicyclic amines) is 1. The van der Waals surface area contributed by atoms with Crippen molar-refractivity contribution >= 4 is 17.3 Å². The summed E-state index contributed by atoms with van der Waals surface area (Å²) in [5.41, 5.74) is 1.03. The van der Waals surface area contributed by atoms with E-state index in [4.69, 9.17) is 9.47 Å². The van der Waals surface area contributed by atoms with Crippen LogP contribution in [0.5, 0.6) is 11.5 Å². The van der Waals surface area contributed by atoms with Crippen LogP contribution in [0.3, 0.4) is 0 Å². The Bertz CT molecular complexity index is 773. The first-order chi connectivity index (χ1) is 12.5. The summed E-state index contributed by atoms with van der Waals surface area (Å²) < 4.78 is 10.8. The minimum Gasteiger partial charge on any atom is -0.493 e. The van der Waals surface area contributed by atoms with E-state index in [-0.39, 0.29) is 6.04 Å². The number of hydrogen-bond acceptors (Lipinski definition) is 5. The van der Waals surface area contributed by atoms with E-state index in [0.717, 1.165) is 29.8 Å². The standard InChI is InChI=1S/C20H25NO4S/c1-13-7-10-18(26-13)19(21-11-5-4-6-15(21)20(22)23)14-8-9-16(24-2)17(12-14)25-3/h7-10,12,15,19H,4-6,11H2,1-3H3,(H,22,23). The number of aryl methyl sites for hydroxylation is 1. The van der Waals surface area contributed by atoms with Crippen LogP contribution in [0.25, 0.3) is 0 Å². The van der Waals surface area contributed by atoms with Crippen LogP contribution in [-0.2, 0) is 4.79 Å². The van der Waals surface area contributed by atoms with Gasteiger partial charge in [0.25, 0.3) is 0 Å². The van der Waals surface area contributed by atoms with Gasteiger partial charge in [-0.3, -0.25) is 9.69 Å². The number of nitrogens with zero attached hydrogens (tertiary/aromatic N) is 1. The minimum atomic E-state index is -0.747. The lowest BCUT2D eigenvalue weighted by molar-refractivity contribution is -0.145. The Morgan fingerprint density at radius 2 is 1.96 bits per heavy atom. The molecule has 0 spiro atoms. The second kappa shape index (κ2) is 8.10. The summed E-state index contributed by atoms with van der Waals surface area (Å²) in [7, 11) is 3.23. The summed E-state index contributed by atoms with van der Waals surface area (Å²) in [5, 5.41) is 9.76. The molecule has 2 heterocycles. The first kappa shape index (κ1) is 18.7. The average Bonchev–Trinajstić information content (AvgIpc) is 3.08. The number of ether oxygens (including phenoxy) is 2. The van der Waals surface area contributed by atoms with Crippen molar-refractivity contribution in [3.63, 3.8) is 0 Å². The number of methoxy groups -OCH3 is 2. The molecule has 1 aliphatic rings. The molecule has 26 heavy (non-hydrogen) atoms. The lowest BCUT2D eigenvalue weighted by Gasteiger charge is -2.39. The van der Waals surface area contributed by atoms with Gasteiger partial charge in [0.05, 0.1) is 20.3 Å². The SMILES string of the molecule is COc1ccc(C(c2ccc(C)s2)N2CCCCC2C(=O)O)cc1OC. The normalized spacial score (nSPS) is 19.1. The zero-order chi connectivity index (χ0) is 18.7. The van der Waals surface area contributed by atoms with Crippen LogP contribution in [0.15, 0.2) is 30.3 Å². The zero-order valence-electron chi connectivity index (χ0n) is 15.4. The molecule has 3 rings (SSSR count). The Morgan fingerprint density at radius 3 is 2.58 bits per heavy atom. The second-order valence-corrected chi connectivity index (χ2v) is 7.87. The van der Waals surface area contributed by atoms with E-state index in [9.17, 15) is 9.90 Å². The number of thiophene rings is 1. The monoisotopic (exact) mass is 375 g/mol. The highest BCUT2D eigenvalue weighted by molar-refractivity contribution is 7.12. The summed E-state index contributed by atoms with van der Waals surface area (Å²) in [5.74, 6) is 0.585. The molecule has 1 N–H and O–H groups in total. The van der Waals surface area contributed by atoms with Crippen LogP contribution < -0.4 is 9.47 Å². The van der Waals surface area contributed by atoms with E-state index in [0.29, 0.717) is 17.9 Å². The summed E-state index contributed by atoms with van der Waals surface area (Å²) in [6.07, 6.45) is 2.65. The lowest BCUT2D eigenvalue weighted by Crippen LogP contribution is -2.46. The first-order valence-electron chi connectivity index (χ1n) is 8.82. The van der Waals surface area contributed by atoms with E-state index >= 15 is 0 Å². The Hall–Kier alpha value is -2.05. The molecule has 5 nitrogen and oxygen atoms in total. The third kappa shape index (κ3) is 3.71. The number of carboxylic acid groups (broad SMARTS) is 1. The van der Waals surface area contributed by atoms with Gasteiger partial charge in [0, 0.05) is 9.75 Å². The van der Waals surface area contributed by atoms with Crippen LogP contribution in [-0.4, -0.2) is 42.8 Å². The van der Waals surface area contributed by atoms with Gasteiger partial charge in [0.15, 0.2) is 11.5 Å². The zero-order valence-corrected chi connectivity index (χ0v) is 16.2. The predicted molar refractivity (Wildman–Crippen MR) is 102 cm³/mol. The lowest BCUT2D eigenvalue weighted by atomic mass is 9.95. The van der Waals surface area contributed by atoms with Gasteiger partial charge < -0.3 is 14.6 Å². The fourth-order valence-electron chi connectivity index (χ4n) is 3.67. The fraction of sp³-hybridized carbons (Fsp3) is 0.450. The number of aliphatic carboxylic acids is 1. The maximum Gasteiger partial charge on any atom is 0.320 e. The summed E-state index contributed by atoms with van der Waals surface area (Å²) in [6, 6.07) is 9.49. The van der Waals surface area contributed by atoms with Crippen molar-refractivity contribution < 1.29 is 19.4 Å². The number of rotatable bonds is 6. The molecular weight excluding hydrogens is 350 g/mol. The van der Waals surface area contributed by atoms with Crippen LogP contribution in [0.1, 0.15) is 40.6 Å². The van der Waals surface area contributed by atoms with Crippen LogP contribution in [0.4, 0.5) is 0 Å². The van der Waals surface area contributed by atoms with Crippen LogP contribution in [0.2, 0.25) is 0 Å². The van der Waals surface area contributed by atoms with Gasteiger partial charge in [0.2, 0.25) is 0 Å². The maximum atomic E-state index is 11.9. The Balaban J connectivity index is 2.08. The van der Waals surface area contributed by atoms with Gasteiger partial charge in [-0.1, -0.05) is 12.5 Å². The van der Waals surface area contributed by atoms with Gasteiger partial charge in [-0.25, -0.2) is 0 Å². The summed E-state index contributed by atoms with van der Waals surface area (Å²) >= 11 is 1.71. The minimum absolute atomic E-state index is 0.102. The molecule has 1 aromatic carbocycles. The van der Waals surface area contributed by atoms with Crippen molar-refractivity contribution in [2.75, 3.05) is 20.8 Å². The van der Waals surface area contributed by atoms with Gasteiger partial charge in [-0.15, -0.1) is 11.3 Å². The van der Waals surface area contributed by atoms with Crippen molar-refractivity contribution in [2.45, 2.75) is 38.3 Å². The molecule has 0 radical (unpaired) electrons. The maximum absolute atomic E-state index is 11.9. The molecule has 1 aromatic heterocycles. The molecule has 2 unspecified atom stereocenters. The van der Waals surface area contributed by atoms with E-state index in [1.54, 1.807) is 25.6 Å². The van der Waals surface area contributed by atoms with Crippen molar-refractivity contribution in [1.82, 2.24) is 4.90 Å². The van der Waals surface area contributed by atoms with Crippen molar-refractivity contribution in [3.8, 4) is 11.5 Å². The molecule has 2 aromatic rings. The van der Waals surface area contributed by atoms with E-state index in [2.05, 4.69) is 24.0 Å².